The van der Waals surface area contributed by atoms with Gasteiger partial charge in [-0.15, -0.1) is 0 Å². The lowest BCUT2D eigenvalue weighted by Gasteiger charge is -2.16. The van der Waals surface area contributed by atoms with Crippen molar-refractivity contribution < 1.29 is 18.7 Å². The standard InChI is InChI=1S/C20H24N4O4/c1-5-14(12-25-2)22-17-10-9-13(11-21-17)20-23-19(24-28-20)15-7-6-8-16(26-3)18(15)27-4/h6-11,14H,5,12H2,1-4H3,(H,21,22)/t14-/m0/s1. The molecule has 1 N–H and O–H groups in total. The van der Waals surface area contributed by atoms with Gasteiger partial charge in [-0.1, -0.05) is 18.1 Å². The van der Waals surface area contributed by atoms with E-state index in [1.807, 2.05) is 30.3 Å². The number of nitrogens with zero attached hydrogens (tertiary/aromatic N) is 3. The summed E-state index contributed by atoms with van der Waals surface area (Å²) in [5.41, 5.74) is 1.42. The molecule has 8 nitrogen and oxygen atoms in total. The van der Waals surface area contributed by atoms with Crippen molar-refractivity contribution in [2.24, 2.45) is 0 Å². The van der Waals surface area contributed by atoms with Gasteiger partial charge in [-0.05, 0) is 30.7 Å². The largest absolute Gasteiger partial charge is 0.493 e. The zero-order valence-corrected chi connectivity index (χ0v) is 16.4. The van der Waals surface area contributed by atoms with Gasteiger partial charge in [0.1, 0.15) is 5.82 Å². The second kappa shape index (κ2) is 9.18. The maximum absolute atomic E-state index is 5.44. The minimum Gasteiger partial charge on any atom is -0.493 e. The number of ether oxygens (including phenoxy) is 3. The molecule has 0 spiro atoms. The van der Waals surface area contributed by atoms with Crippen LogP contribution in [0.1, 0.15) is 13.3 Å². The molecule has 0 saturated carbocycles. The van der Waals surface area contributed by atoms with E-state index < -0.39 is 0 Å². The molecule has 3 rings (SSSR count). The number of hydrogen-bond acceptors (Lipinski definition) is 8. The first-order valence-electron chi connectivity index (χ1n) is 8.97. The summed E-state index contributed by atoms with van der Waals surface area (Å²) >= 11 is 0. The van der Waals surface area contributed by atoms with Gasteiger partial charge in [-0.3, -0.25) is 0 Å². The van der Waals surface area contributed by atoms with Crippen molar-refractivity contribution in [2.75, 3.05) is 33.3 Å². The second-order valence-electron chi connectivity index (χ2n) is 6.10. The summed E-state index contributed by atoms with van der Waals surface area (Å²) < 4.78 is 21.4. The minimum atomic E-state index is 0.207. The molecule has 0 saturated heterocycles. The Morgan fingerprint density at radius 1 is 1.11 bits per heavy atom. The van der Waals surface area contributed by atoms with E-state index in [1.54, 1.807) is 27.5 Å². The van der Waals surface area contributed by atoms with Gasteiger partial charge < -0.3 is 24.1 Å². The summed E-state index contributed by atoms with van der Waals surface area (Å²) in [5, 5.41) is 7.41. The molecule has 1 atom stereocenters. The molecule has 2 heterocycles. The highest BCUT2D eigenvalue weighted by Crippen LogP contribution is 2.37. The van der Waals surface area contributed by atoms with Gasteiger partial charge >= 0.3 is 0 Å². The van der Waals surface area contributed by atoms with E-state index >= 15 is 0 Å². The van der Waals surface area contributed by atoms with Gasteiger partial charge in [0.05, 0.1) is 38.0 Å². The Kier molecular flexibility index (Phi) is 6.44. The number of aromatic nitrogens is 3. The first-order valence-corrected chi connectivity index (χ1v) is 8.97. The van der Waals surface area contributed by atoms with E-state index in [9.17, 15) is 0 Å². The lowest BCUT2D eigenvalue weighted by atomic mass is 10.1. The number of methoxy groups -OCH3 is 3. The van der Waals surface area contributed by atoms with Gasteiger partial charge in [0.2, 0.25) is 5.82 Å². The van der Waals surface area contributed by atoms with Crippen LogP contribution in [0.25, 0.3) is 22.8 Å². The molecule has 0 unspecified atom stereocenters. The molecule has 0 radical (unpaired) electrons. The third-order valence-electron chi connectivity index (χ3n) is 4.29. The fraction of sp³-hybridized carbons (Fsp3) is 0.350. The smallest absolute Gasteiger partial charge is 0.259 e. The summed E-state index contributed by atoms with van der Waals surface area (Å²) in [7, 11) is 4.84. The normalized spacial score (nSPS) is 11.9. The van der Waals surface area contributed by atoms with Crippen LogP contribution in [-0.4, -0.2) is 49.1 Å². The Morgan fingerprint density at radius 2 is 1.96 bits per heavy atom. The van der Waals surface area contributed by atoms with Crippen LogP contribution < -0.4 is 14.8 Å². The average molecular weight is 384 g/mol. The molecule has 3 aromatic rings. The molecule has 0 fully saturated rings. The van der Waals surface area contributed by atoms with Gasteiger partial charge in [-0.2, -0.15) is 4.98 Å². The molecule has 8 heteroatoms. The number of benzene rings is 1. The van der Waals surface area contributed by atoms with Gasteiger partial charge in [0.25, 0.3) is 5.89 Å². The van der Waals surface area contributed by atoms with E-state index in [1.165, 1.54) is 0 Å². The van der Waals surface area contributed by atoms with Crippen LogP contribution in [0, 0.1) is 0 Å². The predicted molar refractivity (Wildman–Crippen MR) is 106 cm³/mol. The number of para-hydroxylation sites is 1. The van der Waals surface area contributed by atoms with Crippen molar-refractivity contribution in [1.29, 1.82) is 0 Å². The van der Waals surface area contributed by atoms with Crippen LogP contribution in [0.4, 0.5) is 5.82 Å². The first-order chi connectivity index (χ1) is 13.7. The Morgan fingerprint density at radius 3 is 2.61 bits per heavy atom. The summed E-state index contributed by atoms with van der Waals surface area (Å²) in [6.45, 7) is 2.72. The highest BCUT2D eigenvalue weighted by atomic mass is 16.5. The molecular weight excluding hydrogens is 360 g/mol. The zero-order valence-electron chi connectivity index (χ0n) is 16.4. The lowest BCUT2D eigenvalue weighted by molar-refractivity contribution is 0.184. The summed E-state index contributed by atoms with van der Waals surface area (Å²) in [5.74, 6) is 2.72. The fourth-order valence-corrected chi connectivity index (χ4v) is 2.79. The van der Waals surface area contributed by atoms with Crippen LogP contribution in [0.15, 0.2) is 41.1 Å². The van der Waals surface area contributed by atoms with Crippen molar-refractivity contribution in [2.45, 2.75) is 19.4 Å². The number of hydrogen-bond donors (Lipinski definition) is 1. The SMILES string of the molecule is CC[C@@H](COC)Nc1ccc(-c2nc(-c3cccc(OC)c3OC)no2)cn1. The van der Waals surface area contributed by atoms with E-state index in [0.29, 0.717) is 35.4 Å². The lowest BCUT2D eigenvalue weighted by Crippen LogP contribution is -2.24. The highest BCUT2D eigenvalue weighted by molar-refractivity contribution is 5.69. The third-order valence-corrected chi connectivity index (χ3v) is 4.29. The Balaban J connectivity index is 1.81. The quantitative estimate of drug-likeness (QED) is 0.598. The van der Waals surface area contributed by atoms with Crippen molar-refractivity contribution in [1.82, 2.24) is 15.1 Å². The Bertz CT molecular complexity index is 895. The number of anilines is 1. The van der Waals surface area contributed by atoms with E-state index in [4.69, 9.17) is 18.7 Å². The molecule has 0 aliphatic heterocycles. The monoisotopic (exact) mass is 384 g/mol. The van der Waals surface area contributed by atoms with Gasteiger partial charge in [0, 0.05) is 13.3 Å². The molecular formula is C20H24N4O4. The number of pyridine rings is 1. The molecule has 2 aromatic heterocycles. The van der Waals surface area contributed by atoms with E-state index in [0.717, 1.165) is 17.8 Å². The highest BCUT2D eigenvalue weighted by Gasteiger charge is 2.18. The molecule has 0 bridgehead atoms. The summed E-state index contributed by atoms with van der Waals surface area (Å²) in [6, 6.07) is 9.48. The maximum atomic E-state index is 5.44. The summed E-state index contributed by atoms with van der Waals surface area (Å²) in [6.07, 6.45) is 2.63. The van der Waals surface area contributed by atoms with Gasteiger partial charge in [-0.25, -0.2) is 4.98 Å². The average Bonchev–Trinajstić information content (AvgIpc) is 3.23. The minimum absolute atomic E-state index is 0.207. The van der Waals surface area contributed by atoms with E-state index in [2.05, 4.69) is 27.4 Å². The van der Waals surface area contributed by atoms with Crippen LogP contribution in [0.3, 0.4) is 0 Å². The Labute approximate surface area is 163 Å². The zero-order chi connectivity index (χ0) is 19.9. The van der Waals surface area contributed by atoms with Crippen LogP contribution in [0.5, 0.6) is 11.5 Å². The number of rotatable bonds is 9. The molecule has 1 aromatic carbocycles. The van der Waals surface area contributed by atoms with Crippen molar-refractivity contribution in [3.05, 3.63) is 36.5 Å². The molecule has 148 valence electrons. The van der Waals surface area contributed by atoms with Crippen LogP contribution in [0.2, 0.25) is 0 Å². The van der Waals surface area contributed by atoms with Crippen LogP contribution in [-0.2, 0) is 4.74 Å². The fourth-order valence-electron chi connectivity index (χ4n) is 2.79. The predicted octanol–water partition coefficient (Wildman–Crippen LogP) is 3.65. The van der Waals surface area contributed by atoms with Crippen LogP contribution >= 0.6 is 0 Å². The molecule has 28 heavy (non-hydrogen) atoms. The van der Waals surface area contributed by atoms with Crippen molar-refractivity contribution in [3.8, 4) is 34.3 Å². The first kappa shape index (κ1) is 19.6. The second-order valence-corrected chi connectivity index (χ2v) is 6.10. The van der Waals surface area contributed by atoms with Gasteiger partial charge in [0.15, 0.2) is 11.5 Å². The summed E-state index contributed by atoms with van der Waals surface area (Å²) in [4.78, 5) is 8.91. The number of nitrogens with one attached hydrogen (secondary N) is 1. The molecule has 0 amide bonds. The maximum Gasteiger partial charge on any atom is 0.259 e. The third kappa shape index (κ3) is 4.23. The van der Waals surface area contributed by atoms with Crippen molar-refractivity contribution in [3.63, 3.8) is 0 Å². The van der Waals surface area contributed by atoms with Crippen molar-refractivity contribution >= 4 is 5.82 Å². The molecule has 0 aliphatic rings. The molecule has 0 aliphatic carbocycles. The topological polar surface area (TPSA) is 91.5 Å². The Hall–Kier alpha value is -3.13. The van der Waals surface area contributed by atoms with E-state index in [-0.39, 0.29) is 6.04 Å².